The Labute approximate surface area is 165 Å². The highest BCUT2D eigenvalue weighted by atomic mass is 16.2. The van der Waals surface area contributed by atoms with E-state index in [4.69, 9.17) is 0 Å². The Bertz CT molecular complexity index is 935. The average Bonchev–Trinajstić information content (AvgIpc) is 3.21. The van der Waals surface area contributed by atoms with Crippen molar-refractivity contribution in [3.63, 3.8) is 0 Å². The molecule has 0 unspecified atom stereocenters. The molecule has 3 fully saturated rings. The van der Waals surface area contributed by atoms with Crippen LogP contribution in [0.5, 0.6) is 0 Å². The number of carbonyl (C=O) groups is 1. The van der Waals surface area contributed by atoms with Crippen molar-refractivity contribution in [3.8, 4) is 0 Å². The van der Waals surface area contributed by atoms with Crippen LogP contribution in [0.1, 0.15) is 51.0 Å². The number of fused-ring (bicyclic) bond motifs is 1. The Balaban J connectivity index is 1.32. The predicted octanol–water partition coefficient (Wildman–Crippen LogP) is 2.96. The molecule has 6 nitrogen and oxygen atoms in total. The van der Waals surface area contributed by atoms with Gasteiger partial charge in [-0.25, -0.2) is 4.98 Å². The first-order chi connectivity index (χ1) is 13.7. The van der Waals surface area contributed by atoms with Crippen LogP contribution in [0.2, 0.25) is 0 Å². The number of rotatable bonds is 3. The number of piperazine rings is 1. The van der Waals surface area contributed by atoms with Gasteiger partial charge in [-0.05, 0) is 43.9 Å². The predicted molar refractivity (Wildman–Crippen MR) is 110 cm³/mol. The number of aromatic nitrogens is 2. The molecule has 0 N–H and O–H groups in total. The Morgan fingerprint density at radius 3 is 2.39 bits per heavy atom. The number of nitrogens with zero attached hydrogens (tertiary/aromatic N) is 4. The van der Waals surface area contributed by atoms with Gasteiger partial charge in [-0.2, -0.15) is 0 Å². The topological polar surface area (TPSA) is 58.4 Å². The van der Waals surface area contributed by atoms with E-state index in [1.54, 1.807) is 6.33 Å². The zero-order valence-corrected chi connectivity index (χ0v) is 16.3. The van der Waals surface area contributed by atoms with Crippen LogP contribution in [-0.4, -0.2) is 46.5 Å². The van der Waals surface area contributed by atoms with Crippen molar-refractivity contribution in [2.24, 2.45) is 5.92 Å². The van der Waals surface area contributed by atoms with Gasteiger partial charge in [0.15, 0.2) is 0 Å². The minimum absolute atomic E-state index is 0.0827. The van der Waals surface area contributed by atoms with Gasteiger partial charge in [0.25, 0.3) is 5.56 Å². The Morgan fingerprint density at radius 1 is 0.964 bits per heavy atom. The minimum atomic E-state index is 0.0827. The lowest BCUT2D eigenvalue weighted by atomic mass is 9.84. The first kappa shape index (κ1) is 17.7. The van der Waals surface area contributed by atoms with Gasteiger partial charge in [0.05, 0.1) is 17.2 Å². The molecule has 1 aromatic heterocycles. The molecule has 2 heterocycles. The summed E-state index contributed by atoms with van der Waals surface area (Å²) in [4.78, 5) is 34.2. The van der Waals surface area contributed by atoms with Gasteiger partial charge in [-0.1, -0.05) is 19.3 Å². The van der Waals surface area contributed by atoms with E-state index in [0.717, 1.165) is 63.1 Å². The van der Waals surface area contributed by atoms with Gasteiger partial charge in [-0.3, -0.25) is 14.2 Å². The lowest BCUT2D eigenvalue weighted by Gasteiger charge is -2.39. The smallest absolute Gasteiger partial charge is 0.261 e. The number of benzene rings is 1. The molecule has 1 aromatic carbocycles. The maximum Gasteiger partial charge on any atom is 0.261 e. The van der Waals surface area contributed by atoms with Crippen molar-refractivity contribution in [2.75, 3.05) is 31.1 Å². The number of amides is 1. The number of hydrogen-bond donors (Lipinski definition) is 0. The minimum Gasteiger partial charge on any atom is -0.368 e. The zero-order chi connectivity index (χ0) is 19.1. The molecule has 0 spiro atoms. The highest BCUT2D eigenvalue weighted by Crippen LogP contribution is 2.30. The van der Waals surface area contributed by atoms with Crippen LogP contribution in [0.25, 0.3) is 10.9 Å². The molecule has 0 radical (unpaired) electrons. The zero-order valence-electron chi connectivity index (χ0n) is 16.3. The second-order valence-corrected chi connectivity index (χ2v) is 8.54. The molecule has 2 saturated carbocycles. The third-order valence-electron chi connectivity index (χ3n) is 6.90. The number of carbonyl (C=O) groups excluding carboxylic acids is 1. The summed E-state index contributed by atoms with van der Waals surface area (Å²) in [5, 5.41) is 0.706. The molecular weight excluding hydrogens is 352 g/mol. The Kier molecular flexibility index (Phi) is 4.57. The summed E-state index contributed by atoms with van der Waals surface area (Å²) in [6, 6.07) is 6.30. The third-order valence-corrected chi connectivity index (χ3v) is 6.90. The van der Waals surface area contributed by atoms with Crippen molar-refractivity contribution in [1.29, 1.82) is 0 Å². The van der Waals surface area contributed by atoms with Gasteiger partial charge in [0.2, 0.25) is 5.91 Å². The molecule has 1 aliphatic heterocycles. The quantitative estimate of drug-likeness (QED) is 0.821. The van der Waals surface area contributed by atoms with E-state index in [0.29, 0.717) is 17.3 Å². The van der Waals surface area contributed by atoms with Crippen molar-refractivity contribution in [2.45, 2.75) is 51.0 Å². The Morgan fingerprint density at radius 2 is 1.71 bits per heavy atom. The third kappa shape index (κ3) is 3.09. The van der Waals surface area contributed by atoms with Crippen molar-refractivity contribution in [1.82, 2.24) is 14.5 Å². The lowest BCUT2D eigenvalue weighted by molar-refractivity contribution is -0.138. The SMILES string of the molecule is O=C(C1CCC1)N1CCN(c2ccc3c(=O)n(C4CCCC4)cnc3c2)CC1. The van der Waals surface area contributed by atoms with Crippen LogP contribution in [-0.2, 0) is 4.79 Å². The van der Waals surface area contributed by atoms with Crippen LogP contribution in [0.3, 0.4) is 0 Å². The van der Waals surface area contributed by atoms with E-state index in [9.17, 15) is 9.59 Å². The van der Waals surface area contributed by atoms with Crippen LogP contribution in [0.15, 0.2) is 29.3 Å². The molecular formula is C22H28N4O2. The molecule has 5 rings (SSSR count). The molecule has 2 aromatic rings. The molecule has 6 heteroatoms. The largest absolute Gasteiger partial charge is 0.368 e. The summed E-state index contributed by atoms with van der Waals surface area (Å²) in [5.41, 5.74) is 1.94. The molecule has 3 aliphatic rings. The number of anilines is 1. The fraction of sp³-hybridized carbons (Fsp3) is 0.591. The van der Waals surface area contributed by atoms with Crippen molar-refractivity contribution < 1.29 is 4.79 Å². The van der Waals surface area contributed by atoms with E-state index in [1.165, 1.54) is 19.3 Å². The van der Waals surface area contributed by atoms with E-state index < -0.39 is 0 Å². The summed E-state index contributed by atoms with van der Waals surface area (Å²) in [6.07, 6.45) is 9.61. The van der Waals surface area contributed by atoms with Gasteiger partial charge in [-0.15, -0.1) is 0 Å². The molecule has 2 aliphatic carbocycles. The summed E-state index contributed by atoms with van der Waals surface area (Å²) in [5.74, 6) is 0.622. The maximum absolute atomic E-state index is 12.9. The highest BCUT2D eigenvalue weighted by Gasteiger charge is 2.31. The monoisotopic (exact) mass is 380 g/mol. The Hall–Kier alpha value is -2.37. The number of hydrogen-bond acceptors (Lipinski definition) is 4. The molecule has 148 valence electrons. The van der Waals surface area contributed by atoms with E-state index in [2.05, 4.69) is 9.88 Å². The van der Waals surface area contributed by atoms with Crippen molar-refractivity contribution >= 4 is 22.5 Å². The second-order valence-electron chi connectivity index (χ2n) is 8.54. The molecule has 1 amide bonds. The molecule has 1 saturated heterocycles. The maximum atomic E-state index is 12.9. The summed E-state index contributed by atoms with van der Waals surface area (Å²) in [7, 11) is 0. The van der Waals surface area contributed by atoms with Gasteiger partial charge in [0, 0.05) is 43.8 Å². The second kappa shape index (κ2) is 7.22. The molecule has 0 atom stereocenters. The van der Waals surface area contributed by atoms with Gasteiger partial charge < -0.3 is 9.80 Å². The van der Waals surface area contributed by atoms with Gasteiger partial charge >= 0.3 is 0 Å². The average molecular weight is 380 g/mol. The summed E-state index contributed by atoms with van der Waals surface area (Å²) >= 11 is 0. The van der Waals surface area contributed by atoms with Crippen LogP contribution < -0.4 is 10.5 Å². The van der Waals surface area contributed by atoms with Crippen LogP contribution in [0, 0.1) is 5.92 Å². The lowest BCUT2D eigenvalue weighted by Crippen LogP contribution is -2.51. The van der Waals surface area contributed by atoms with E-state index >= 15 is 0 Å². The van der Waals surface area contributed by atoms with E-state index in [-0.39, 0.29) is 11.5 Å². The molecule has 28 heavy (non-hydrogen) atoms. The van der Waals surface area contributed by atoms with Gasteiger partial charge in [0.1, 0.15) is 0 Å². The van der Waals surface area contributed by atoms with E-state index in [1.807, 2.05) is 27.7 Å². The highest BCUT2D eigenvalue weighted by molar-refractivity contribution is 5.82. The fourth-order valence-electron chi connectivity index (χ4n) is 4.86. The molecule has 0 bridgehead atoms. The standard InChI is InChI=1S/C22H28N4O2/c27-21(16-4-3-5-16)25-12-10-24(11-13-25)18-8-9-19-20(14-18)23-15-26(22(19)28)17-6-1-2-7-17/h8-9,14-17H,1-7,10-13H2. The first-order valence-electron chi connectivity index (χ1n) is 10.8. The first-order valence-corrected chi connectivity index (χ1v) is 10.8. The van der Waals surface area contributed by atoms with Crippen LogP contribution >= 0.6 is 0 Å². The summed E-state index contributed by atoms with van der Waals surface area (Å²) in [6.45, 7) is 3.24. The fourth-order valence-corrected chi connectivity index (χ4v) is 4.86. The summed E-state index contributed by atoms with van der Waals surface area (Å²) < 4.78 is 1.83. The van der Waals surface area contributed by atoms with Crippen molar-refractivity contribution in [3.05, 3.63) is 34.9 Å². The normalized spacial score (nSPS) is 21.3. The van der Waals surface area contributed by atoms with Crippen LogP contribution in [0.4, 0.5) is 5.69 Å².